The van der Waals surface area contributed by atoms with Gasteiger partial charge in [-0.25, -0.2) is 4.98 Å². The second kappa shape index (κ2) is 7.00. The van der Waals surface area contributed by atoms with Crippen molar-refractivity contribution >= 4 is 5.82 Å². The summed E-state index contributed by atoms with van der Waals surface area (Å²) in [4.78, 5) is 8.61. The second-order valence-corrected chi connectivity index (χ2v) is 3.21. The third-order valence-corrected chi connectivity index (χ3v) is 1.97. The molecule has 1 aromatic heterocycles. The molecule has 5 nitrogen and oxygen atoms in total. The van der Waals surface area contributed by atoms with Gasteiger partial charge >= 0.3 is 0 Å². The second-order valence-electron chi connectivity index (χ2n) is 3.21. The van der Waals surface area contributed by atoms with Gasteiger partial charge in [0.25, 0.3) is 0 Å². The third-order valence-electron chi connectivity index (χ3n) is 1.97. The monoisotopic (exact) mass is 225 g/mol. The van der Waals surface area contributed by atoms with E-state index in [9.17, 15) is 0 Å². The number of aryl methyl sites for hydroxylation is 1. The Balaban J connectivity index is 2.69. The number of rotatable bonds is 7. The van der Waals surface area contributed by atoms with E-state index in [2.05, 4.69) is 15.3 Å². The van der Waals surface area contributed by atoms with Crippen LogP contribution in [0.25, 0.3) is 0 Å². The predicted octanol–water partition coefficient (Wildman–Crippen LogP) is 1.50. The standard InChI is InChI=1S/C11H19N3O2/c1-4-9-13-10(12-6-7-15-3)8-11(14-9)16-5-2/h8H,4-7H2,1-3H3,(H,12,13,14). The van der Waals surface area contributed by atoms with Gasteiger partial charge in [-0.2, -0.15) is 4.98 Å². The maximum Gasteiger partial charge on any atom is 0.218 e. The first-order chi connectivity index (χ1) is 7.80. The third kappa shape index (κ3) is 4.02. The molecule has 0 aliphatic carbocycles. The zero-order valence-electron chi connectivity index (χ0n) is 10.1. The first kappa shape index (κ1) is 12.7. The van der Waals surface area contributed by atoms with Crippen molar-refractivity contribution in [1.82, 2.24) is 9.97 Å². The largest absolute Gasteiger partial charge is 0.478 e. The van der Waals surface area contributed by atoms with Gasteiger partial charge in [0.1, 0.15) is 11.6 Å². The average molecular weight is 225 g/mol. The lowest BCUT2D eigenvalue weighted by atomic mass is 10.4. The molecule has 1 aromatic rings. The zero-order chi connectivity index (χ0) is 11.8. The summed E-state index contributed by atoms with van der Waals surface area (Å²) >= 11 is 0. The molecule has 1 heterocycles. The van der Waals surface area contributed by atoms with Gasteiger partial charge in [-0.3, -0.25) is 0 Å². The van der Waals surface area contributed by atoms with E-state index in [1.807, 2.05) is 13.8 Å². The number of ether oxygens (including phenoxy) is 2. The summed E-state index contributed by atoms with van der Waals surface area (Å²) in [6.07, 6.45) is 0.792. The van der Waals surface area contributed by atoms with Crippen LogP contribution < -0.4 is 10.1 Å². The van der Waals surface area contributed by atoms with E-state index in [1.54, 1.807) is 13.2 Å². The Labute approximate surface area is 96.2 Å². The smallest absolute Gasteiger partial charge is 0.218 e. The molecule has 0 unspecified atom stereocenters. The molecule has 0 fully saturated rings. The van der Waals surface area contributed by atoms with E-state index in [4.69, 9.17) is 9.47 Å². The molecule has 0 spiro atoms. The zero-order valence-corrected chi connectivity index (χ0v) is 10.1. The fourth-order valence-electron chi connectivity index (χ4n) is 1.22. The van der Waals surface area contributed by atoms with E-state index in [1.165, 1.54) is 0 Å². The van der Waals surface area contributed by atoms with E-state index < -0.39 is 0 Å². The van der Waals surface area contributed by atoms with E-state index in [0.29, 0.717) is 19.1 Å². The average Bonchev–Trinajstić information content (AvgIpc) is 2.29. The summed E-state index contributed by atoms with van der Waals surface area (Å²) in [6, 6.07) is 1.80. The molecule has 90 valence electrons. The Morgan fingerprint density at radius 3 is 2.75 bits per heavy atom. The Hall–Kier alpha value is -1.36. The van der Waals surface area contributed by atoms with Crippen molar-refractivity contribution in [2.45, 2.75) is 20.3 Å². The fourth-order valence-corrected chi connectivity index (χ4v) is 1.22. The summed E-state index contributed by atoms with van der Waals surface area (Å²) in [5, 5.41) is 3.16. The van der Waals surface area contributed by atoms with Crippen molar-refractivity contribution in [1.29, 1.82) is 0 Å². The number of anilines is 1. The maximum absolute atomic E-state index is 5.37. The number of nitrogens with zero attached hydrogens (tertiary/aromatic N) is 2. The lowest BCUT2D eigenvalue weighted by molar-refractivity contribution is 0.210. The highest BCUT2D eigenvalue weighted by molar-refractivity contribution is 5.38. The highest BCUT2D eigenvalue weighted by Gasteiger charge is 2.03. The van der Waals surface area contributed by atoms with Crippen LogP contribution in [0, 0.1) is 0 Å². The van der Waals surface area contributed by atoms with E-state index in [0.717, 1.165) is 24.6 Å². The summed E-state index contributed by atoms with van der Waals surface area (Å²) in [5.41, 5.74) is 0. The van der Waals surface area contributed by atoms with E-state index in [-0.39, 0.29) is 0 Å². The quantitative estimate of drug-likeness (QED) is 0.713. The van der Waals surface area contributed by atoms with Crippen molar-refractivity contribution in [3.63, 3.8) is 0 Å². The number of nitrogens with one attached hydrogen (secondary N) is 1. The Kier molecular flexibility index (Phi) is 5.56. The van der Waals surface area contributed by atoms with Gasteiger partial charge in [-0.15, -0.1) is 0 Å². The van der Waals surface area contributed by atoms with Crippen LogP contribution in [0.5, 0.6) is 5.88 Å². The van der Waals surface area contributed by atoms with E-state index >= 15 is 0 Å². The van der Waals surface area contributed by atoms with Crippen molar-refractivity contribution in [3.05, 3.63) is 11.9 Å². The minimum atomic E-state index is 0.609. The van der Waals surface area contributed by atoms with Crippen LogP contribution >= 0.6 is 0 Å². The Morgan fingerprint density at radius 2 is 2.12 bits per heavy atom. The highest BCUT2D eigenvalue weighted by atomic mass is 16.5. The van der Waals surface area contributed by atoms with Gasteiger partial charge in [0.2, 0.25) is 5.88 Å². The molecule has 1 rings (SSSR count). The summed E-state index contributed by atoms with van der Waals surface area (Å²) < 4.78 is 10.3. The van der Waals surface area contributed by atoms with Crippen LogP contribution in [0.4, 0.5) is 5.82 Å². The van der Waals surface area contributed by atoms with Crippen molar-refractivity contribution in [2.75, 3.05) is 32.2 Å². The van der Waals surface area contributed by atoms with Crippen LogP contribution in [0.2, 0.25) is 0 Å². The topological polar surface area (TPSA) is 56.3 Å². The lowest BCUT2D eigenvalue weighted by Crippen LogP contribution is -2.10. The van der Waals surface area contributed by atoms with Gasteiger partial charge in [-0.1, -0.05) is 6.92 Å². The molecule has 0 atom stereocenters. The summed E-state index contributed by atoms with van der Waals surface area (Å²) in [7, 11) is 1.67. The minimum absolute atomic E-state index is 0.609. The normalized spacial score (nSPS) is 10.2. The number of hydrogen-bond donors (Lipinski definition) is 1. The van der Waals surface area contributed by atoms with Gasteiger partial charge in [0.15, 0.2) is 0 Å². The van der Waals surface area contributed by atoms with Crippen LogP contribution in [0.15, 0.2) is 6.07 Å². The Morgan fingerprint density at radius 1 is 1.31 bits per heavy atom. The molecular weight excluding hydrogens is 206 g/mol. The van der Waals surface area contributed by atoms with Gasteiger partial charge in [0.05, 0.1) is 13.2 Å². The van der Waals surface area contributed by atoms with Gasteiger partial charge < -0.3 is 14.8 Å². The molecule has 5 heteroatoms. The molecule has 1 N–H and O–H groups in total. The number of methoxy groups -OCH3 is 1. The Bertz CT molecular complexity index is 318. The van der Waals surface area contributed by atoms with Gasteiger partial charge in [0, 0.05) is 26.1 Å². The van der Waals surface area contributed by atoms with Crippen molar-refractivity contribution < 1.29 is 9.47 Å². The molecule has 0 aliphatic heterocycles. The fraction of sp³-hybridized carbons (Fsp3) is 0.636. The molecule has 0 aromatic carbocycles. The molecule has 0 radical (unpaired) electrons. The molecule has 0 aliphatic rings. The predicted molar refractivity (Wildman–Crippen MR) is 62.9 cm³/mol. The van der Waals surface area contributed by atoms with Crippen LogP contribution in [0.3, 0.4) is 0 Å². The number of aromatic nitrogens is 2. The summed E-state index contributed by atoms with van der Waals surface area (Å²) in [5.74, 6) is 2.19. The first-order valence-electron chi connectivity index (χ1n) is 5.53. The summed E-state index contributed by atoms with van der Waals surface area (Å²) in [6.45, 7) is 5.94. The molecule has 0 saturated carbocycles. The first-order valence-corrected chi connectivity index (χ1v) is 5.53. The lowest BCUT2D eigenvalue weighted by Gasteiger charge is -2.09. The van der Waals surface area contributed by atoms with Gasteiger partial charge in [-0.05, 0) is 6.92 Å². The van der Waals surface area contributed by atoms with Crippen LogP contribution in [-0.4, -0.2) is 36.8 Å². The van der Waals surface area contributed by atoms with Crippen LogP contribution in [0.1, 0.15) is 19.7 Å². The van der Waals surface area contributed by atoms with Crippen molar-refractivity contribution in [2.24, 2.45) is 0 Å². The minimum Gasteiger partial charge on any atom is -0.478 e. The maximum atomic E-state index is 5.37. The number of hydrogen-bond acceptors (Lipinski definition) is 5. The molecule has 0 bridgehead atoms. The molecule has 0 amide bonds. The highest BCUT2D eigenvalue weighted by Crippen LogP contribution is 2.13. The van der Waals surface area contributed by atoms with Crippen LogP contribution in [-0.2, 0) is 11.2 Å². The molecular formula is C11H19N3O2. The molecule has 0 saturated heterocycles. The van der Waals surface area contributed by atoms with Crippen molar-refractivity contribution in [3.8, 4) is 5.88 Å². The molecule has 16 heavy (non-hydrogen) atoms. The SMILES string of the molecule is CCOc1cc(NCCOC)nc(CC)n1.